The summed E-state index contributed by atoms with van der Waals surface area (Å²) in [7, 11) is 1.91. The maximum atomic E-state index is 12.9. The van der Waals surface area contributed by atoms with E-state index in [9.17, 15) is 4.79 Å². The summed E-state index contributed by atoms with van der Waals surface area (Å²) in [6, 6.07) is 9.85. The zero-order chi connectivity index (χ0) is 18.1. The molecule has 1 aliphatic carbocycles. The molecule has 134 valence electrons. The van der Waals surface area contributed by atoms with Gasteiger partial charge in [0, 0.05) is 51.0 Å². The molecule has 0 N–H and O–H groups in total. The summed E-state index contributed by atoms with van der Waals surface area (Å²) in [4.78, 5) is 17.2. The Bertz CT molecular complexity index is 835. The molecule has 26 heavy (non-hydrogen) atoms. The molecule has 4 rings (SSSR count). The Kier molecular flexibility index (Phi) is 4.37. The van der Waals surface area contributed by atoms with Crippen molar-refractivity contribution in [3.8, 4) is 6.07 Å². The molecule has 2 fully saturated rings. The van der Waals surface area contributed by atoms with Gasteiger partial charge in [0.2, 0.25) is 5.91 Å². The summed E-state index contributed by atoms with van der Waals surface area (Å²) in [6.45, 7) is 3.35. The van der Waals surface area contributed by atoms with Crippen molar-refractivity contribution in [3.63, 3.8) is 0 Å². The minimum Gasteiger partial charge on any atom is -0.370 e. The maximum absolute atomic E-state index is 12.9. The first-order valence-corrected chi connectivity index (χ1v) is 9.18. The number of carbonyl (C=O) groups is 1. The number of rotatable bonds is 3. The molecular formula is C20H23N5O. The van der Waals surface area contributed by atoms with E-state index in [0.717, 1.165) is 44.7 Å². The van der Waals surface area contributed by atoms with E-state index in [-0.39, 0.29) is 5.92 Å². The van der Waals surface area contributed by atoms with E-state index in [1.54, 1.807) is 4.68 Å². The Hall–Kier alpha value is -2.81. The minimum absolute atomic E-state index is 0.126. The fraction of sp³-hybridized carbons (Fsp3) is 0.450. The number of amides is 1. The molecule has 1 amide bonds. The van der Waals surface area contributed by atoms with Gasteiger partial charge in [-0.1, -0.05) is 0 Å². The number of nitriles is 1. The van der Waals surface area contributed by atoms with Crippen molar-refractivity contribution in [2.24, 2.45) is 13.0 Å². The van der Waals surface area contributed by atoms with Crippen molar-refractivity contribution < 1.29 is 4.79 Å². The molecule has 2 atom stereocenters. The Morgan fingerprint density at radius 1 is 1.19 bits per heavy atom. The van der Waals surface area contributed by atoms with Gasteiger partial charge < -0.3 is 9.80 Å². The van der Waals surface area contributed by atoms with Crippen LogP contribution in [0.1, 0.15) is 29.9 Å². The van der Waals surface area contributed by atoms with Gasteiger partial charge >= 0.3 is 0 Å². The Morgan fingerprint density at radius 2 is 2.00 bits per heavy atom. The zero-order valence-corrected chi connectivity index (χ0v) is 15.0. The quantitative estimate of drug-likeness (QED) is 0.851. The number of carbonyl (C=O) groups excluding carboxylic acids is 1. The van der Waals surface area contributed by atoms with E-state index in [4.69, 9.17) is 5.26 Å². The number of nitrogens with zero attached hydrogens (tertiary/aromatic N) is 5. The van der Waals surface area contributed by atoms with Gasteiger partial charge in [-0.3, -0.25) is 9.48 Å². The average Bonchev–Trinajstić information content (AvgIpc) is 3.41. The lowest BCUT2D eigenvalue weighted by Gasteiger charge is -2.24. The highest BCUT2D eigenvalue weighted by molar-refractivity contribution is 5.83. The van der Waals surface area contributed by atoms with Gasteiger partial charge in [-0.05, 0) is 48.6 Å². The lowest BCUT2D eigenvalue weighted by atomic mass is 10.2. The van der Waals surface area contributed by atoms with Crippen LogP contribution in [-0.2, 0) is 11.8 Å². The standard InChI is InChI=1S/C20H23N5O/c1-23-14-16(13-22-23)18-11-19(18)20(26)25-8-2-7-24(9-10-25)17-5-3-15(12-21)4-6-17/h3-6,13-14,18-19H,2,7-11H2,1H3/t18-,19-/m1/s1. The number of hydrogen-bond acceptors (Lipinski definition) is 4. The molecule has 6 heteroatoms. The molecule has 2 aliphatic rings. The molecule has 0 unspecified atom stereocenters. The van der Waals surface area contributed by atoms with E-state index in [1.807, 2.05) is 48.6 Å². The van der Waals surface area contributed by atoms with Crippen molar-refractivity contribution in [1.29, 1.82) is 5.26 Å². The molecule has 0 spiro atoms. The predicted molar refractivity (Wildman–Crippen MR) is 98.6 cm³/mol. The zero-order valence-electron chi connectivity index (χ0n) is 15.0. The second kappa shape index (κ2) is 6.83. The van der Waals surface area contributed by atoms with Crippen LogP contribution in [0.3, 0.4) is 0 Å². The molecule has 0 bridgehead atoms. The van der Waals surface area contributed by atoms with Gasteiger partial charge in [0.25, 0.3) is 0 Å². The van der Waals surface area contributed by atoms with Gasteiger partial charge in [-0.15, -0.1) is 0 Å². The number of anilines is 1. The molecule has 6 nitrogen and oxygen atoms in total. The fourth-order valence-corrected chi connectivity index (χ4v) is 3.85. The van der Waals surface area contributed by atoms with E-state index in [1.165, 1.54) is 5.56 Å². The molecule has 0 radical (unpaired) electrons. The van der Waals surface area contributed by atoms with Crippen LogP contribution in [0.2, 0.25) is 0 Å². The van der Waals surface area contributed by atoms with E-state index < -0.39 is 0 Å². The first-order chi connectivity index (χ1) is 12.7. The number of benzene rings is 1. The van der Waals surface area contributed by atoms with Crippen LogP contribution in [0.25, 0.3) is 0 Å². The minimum atomic E-state index is 0.126. The van der Waals surface area contributed by atoms with Crippen LogP contribution in [-0.4, -0.2) is 46.8 Å². The Balaban J connectivity index is 1.36. The van der Waals surface area contributed by atoms with Crippen molar-refractivity contribution >= 4 is 11.6 Å². The molecule has 2 aromatic rings. The van der Waals surface area contributed by atoms with Crippen molar-refractivity contribution in [1.82, 2.24) is 14.7 Å². The third kappa shape index (κ3) is 3.30. The maximum Gasteiger partial charge on any atom is 0.226 e. The van der Waals surface area contributed by atoms with E-state index in [2.05, 4.69) is 16.1 Å². The average molecular weight is 349 g/mol. The summed E-state index contributed by atoms with van der Waals surface area (Å²) in [6.07, 6.45) is 5.82. The Labute approximate surface area is 153 Å². The highest BCUT2D eigenvalue weighted by Gasteiger charge is 2.46. The van der Waals surface area contributed by atoms with Gasteiger partial charge in [-0.2, -0.15) is 10.4 Å². The second-order valence-electron chi connectivity index (χ2n) is 7.22. The first kappa shape index (κ1) is 16.6. The van der Waals surface area contributed by atoms with Crippen LogP contribution in [0, 0.1) is 17.2 Å². The molecule has 1 saturated heterocycles. The lowest BCUT2D eigenvalue weighted by Crippen LogP contribution is -2.36. The van der Waals surface area contributed by atoms with Crippen LogP contribution >= 0.6 is 0 Å². The summed E-state index contributed by atoms with van der Waals surface area (Å²) in [5.41, 5.74) is 2.98. The van der Waals surface area contributed by atoms with Crippen LogP contribution in [0.5, 0.6) is 0 Å². The smallest absolute Gasteiger partial charge is 0.226 e. The van der Waals surface area contributed by atoms with Gasteiger partial charge in [0.15, 0.2) is 0 Å². The first-order valence-electron chi connectivity index (χ1n) is 9.18. The van der Waals surface area contributed by atoms with Gasteiger partial charge in [0.05, 0.1) is 17.8 Å². The number of aryl methyl sites for hydroxylation is 1. The Morgan fingerprint density at radius 3 is 2.69 bits per heavy atom. The third-order valence-electron chi connectivity index (χ3n) is 5.43. The lowest BCUT2D eigenvalue weighted by molar-refractivity contribution is -0.132. The van der Waals surface area contributed by atoms with Crippen molar-refractivity contribution in [2.45, 2.75) is 18.8 Å². The second-order valence-corrected chi connectivity index (χ2v) is 7.22. The van der Waals surface area contributed by atoms with Gasteiger partial charge in [-0.25, -0.2) is 0 Å². The molecular weight excluding hydrogens is 326 g/mol. The van der Waals surface area contributed by atoms with Crippen LogP contribution < -0.4 is 4.90 Å². The molecule has 1 saturated carbocycles. The van der Waals surface area contributed by atoms with Gasteiger partial charge in [0.1, 0.15) is 0 Å². The largest absolute Gasteiger partial charge is 0.370 e. The SMILES string of the molecule is Cn1cc([C@H]2C[C@H]2C(=O)N2CCCN(c3ccc(C#N)cc3)CC2)cn1. The summed E-state index contributed by atoms with van der Waals surface area (Å²) in [5.74, 6) is 0.760. The molecule has 2 heterocycles. The fourth-order valence-electron chi connectivity index (χ4n) is 3.85. The number of hydrogen-bond donors (Lipinski definition) is 0. The highest BCUT2D eigenvalue weighted by Crippen LogP contribution is 2.48. The monoisotopic (exact) mass is 349 g/mol. The topological polar surface area (TPSA) is 65.2 Å². The predicted octanol–water partition coefficient (Wildman–Crippen LogP) is 2.13. The summed E-state index contributed by atoms with van der Waals surface area (Å²) >= 11 is 0. The number of aromatic nitrogens is 2. The van der Waals surface area contributed by atoms with Crippen molar-refractivity contribution in [3.05, 3.63) is 47.8 Å². The normalized spacial score (nSPS) is 22.6. The summed E-state index contributed by atoms with van der Waals surface area (Å²) < 4.78 is 1.80. The third-order valence-corrected chi connectivity index (χ3v) is 5.43. The molecule has 1 aliphatic heterocycles. The highest BCUT2D eigenvalue weighted by atomic mass is 16.2. The molecule has 1 aromatic carbocycles. The van der Waals surface area contributed by atoms with Crippen molar-refractivity contribution in [2.75, 3.05) is 31.1 Å². The molecule has 1 aromatic heterocycles. The van der Waals surface area contributed by atoms with Crippen LogP contribution in [0.4, 0.5) is 5.69 Å². The summed E-state index contributed by atoms with van der Waals surface area (Å²) in [5, 5.41) is 13.1. The van der Waals surface area contributed by atoms with E-state index in [0.29, 0.717) is 17.4 Å². The van der Waals surface area contributed by atoms with Crippen LogP contribution in [0.15, 0.2) is 36.7 Å². The van der Waals surface area contributed by atoms with E-state index >= 15 is 0 Å².